The van der Waals surface area contributed by atoms with Crippen molar-refractivity contribution in [3.8, 4) is 0 Å². The number of fused-ring (bicyclic) bond motifs is 1. The fourth-order valence-corrected chi connectivity index (χ4v) is 4.60. The van der Waals surface area contributed by atoms with E-state index in [4.69, 9.17) is 4.74 Å². The molecule has 4 aliphatic heterocycles. The van der Waals surface area contributed by atoms with E-state index in [-0.39, 0.29) is 49.1 Å². The standard InChI is InChI=1S/C17H25N5O5/c23-12-8-22(17(26)18-12)9-13(24)21-5-3-10(4-6-21)14-11-2-1-7-27-15(11)20-16(25)19-14/h10-11,14-15H,1-9H2,(H,18,23,26)(H2,19,20,25)/t11-,14-,15-/m0/s1. The lowest BCUT2D eigenvalue weighted by atomic mass is 9.77. The summed E-state index contributed by atoms with van der Waals surface area (Å²) in [7, 11) is 0. The van der Waals surface area contributed by atoms with E-state index in [0.29, 0.717) is 25.6 Å². The molecule has 10 heteroatoms. The third kappa shape index (κ3) is 3.71. The Balaban J connectivity index is 1.31. The number of ether oxygens (including phenoxy) is 1. The minimum atomic E-state index is -0.510. The van der Waals surface area contributed by atoms with Crippen molar-refractivity contribution in [3.63, 3.8) is 0 Å². The highest BCUT2D eigenvalue weighted by Gasteiger charge is 2.43. The number of amides is 6. The number of carbonyl (C=O) groups is 4. The van der Waals surface area contributed by atoms with E-state index >= 15 is 0 Å². The maximum absolute atomic E-state index is 12.5. The number of nitrogens with zero attached hydrogens (tertiary/aromatic N) is 2. The van der Waals surface area contributed by atoms with Crippen LogP contribution in [0.2, 0.25) is 0 Å². The molecule has 4 heterocycles. The van der Waals surface area contributed by atoms with Gasteiger partial charge in [0.25, 0.3) is 0 Å². The number of likely N-dealkylation sites (tertiary alicyclic amines) is 1. The monoisotopic (exact) mass is 379 g/mol. The van der Waals surface area contributed by atoms with Crippen molar-refractivity contribution in [2.75, 3.05) is 32.8 Å². The van der Waals surface area contributed by atoms with E-state index in [0.717, 1.165) is 25.7 Å². The Labute approximate surface area is 156 Å². The number of urea groups is 2. The number of hydrogen-bond acceptors (Lipinski definition) is 5. The Kier molecular flexibility index (Phi) is 4.90. The molecule has 0 aromatic carbocycles. The van der Waals surface area contributed by atoms with Crippen LogP contribution in [0.25, 0.3) is 0 Å². The molecule has 148 valence electrons. The molecule has 4 aliphatic rings. The quantitative estimate of drug-likeness (QED) is 0.555. The maximum Gasteiger partial charge on any atom is 0.325 e. The van der Waals surface area contributed by atoms with Gasteiger partial charge in [-0.2, -0.15) is 0 Å². The molecular weight excluding hydrogens is 354 g/mol. The lowest BCUT2D eigenvalue weighted by Gasteiger charge is -2.46. The first-order valence-corrected chi connectivity index (χ1v) is 9.56. The molecule has 0 bridgehead atoms. The van der Waals surface area contributed by atoms with E-state index in [1.165, 1.54) is 4.90 Å². The zero-order chi connectivity index (χ0) is 19.0. The minimum Gasteiger partial charge on any atom is -0.358 e. The van der Waals surface area contributed by atoms with Crippen LogP contribution in [0.1, 0.15) is 25.7 Å². The molecule has 6 amide bonds. The maximum atomic E-state index is 12.5. The average Bonchev–Trinajstić information content (AvgIpc) is 2.98. The van der Waals surface area contributed by atoms with Gasteiger partial charge >= 0.3 is 12.1 Å². The second kappa shape index (κ2) is 7.34. The van der Waals surface area contributed by atoms with E-state index in [9.17, 15) is 19.2 Å². The van der Waals surface area contributed by atoms with Crippen molar-refractivity contribution < 1.29 is 23.9 Å². The summed E-state index contributed by atoms with van der Waals surface area (Å²) in [6, 6.07) is -0.640. The molecule has 0 aromatic rings. The minimum absolute atomic E-state index is 0.0586. The normalized spacial score (nSPS) is 31.9. The van der Waals surface area contributed by atoms with Gasteiger partial charge in [-0.05, 0) is 31.6 Å². The first-order chi connectivity index (χ1) is 13.0. The molecule has 4 rings (SSSR count). The van der Waals surface area contributed by atoms with Crippen LogP contribution in [0, 0.1) is 11.8 Å². The Morgan fingerprint density at radius 1 is 1.11 bits per heavy atom. The number of carbonyl (C=O) groups excluding carboxylic acids is 4. The number of nitrogens with one attached hydrogen (secondary N) is 3. The number of piperidine rings is 1. The molecule has 4 saturated heterocycles. The van der Waals surface area contributed by atoms with Gasteiger partial charge in [0.1, 0.15) is 19.3 Å². The van der Waals surface area contributed by atoms with Crippen molar-refractivity contribution >= 4 is 23.9 Å². The Hall–Kier alpha value is -2.36. The molecule has 0 spiro atoms. The fraction of sp³-hybridized carbons (Fsp3) is 0.765. The Morgan fingerprint density at radius 2 is 1.89 bits per heavy atom. The van der Waals surface area contributed by atoms with Gasteiger partial charge < -0.3 is 25.2 Å². The Morgan fingerprint density at radius 3 is 2.59 bits per heavy atom. The molecule has 0 unspecified atom stereocenters. The van der Waals surface area contributed by atoms with Gasteiger partial charge in [-0.3, -0.25) is 14.9 Å². The van der Waals surface area contributed by atoms with Crippen LogP contribution >= 0.6 is 0 Å². The predicted octanol–water partition coefficient (Wildman–Crippen LogP) is -0.789. The summed E-state index contributed by atoms with van der Waals surface area (Å²) in [5.74, 6) is 0.0258. The lowest BCUT2D eigenvalue weighted by Crippen LogP contribution is -2.65. The third-order valence-electron chi connectivity index (χ3n) is 5.99. The van der Waals surface area contributed by atoms with E-state index in [1.54, 1.807) is 4.90 Å². The van der Waals surface area contributed by atoms with Gasteiger partial charge in [0.05, 0.1) is 0 Å². The molecule has 27 heavy (non-hydrogen) atoms. The topological polar surface area (TPSA) is 120 Å². The number of imide groups is 1. The molecule has 3 N–H and O–H groups in total. The summed E-state index contributed by atoms with van der Waals surface area (Å²) in [6.45, 7) is 1.71. The van der Waals surface area contributed by atoms with Crippen molar-refractivity contribution in [2.24, 2.45) is 11.8 Å². The number of hydrogen-bond donors (Lipinski definition) is 3. The van der Waals surface area contributed by atoms with Gasteiger partial charge in [-0.15, -0.1) is 0 Å². The van der Waals surface area contributed by atoms with Gasteiger partial charge in [-0.1, -0.05) is 0 Å². The lowest BCUT2D eigenvalue weighted by molar-refractivity contribution is -0.133. The Bertz CT molecular complexity index is 648. The molecule has 4 fully saturated rings. The zero-order valence-electron chi connectivity index (χ0n) is 15.1. The van der Waals surface area contributed by atoms with Crippen LogP contribution in [0.3, 0.4) is 0 Å². The first-order valence-electron chi connectivity index (χ1n) is 9.56. The SMILES string of the molecule is O=C1CN(CC(=O)N2CCC([C@@H]3NC(=O)N[C@H]4OCCC[C@H]43)CC2)C(=O)N1. The first kappa shape index (κ1) is 18.0. The molecule has 10 nitrogen and oxygen atoms in total. The van der Waals surface area contributed by atoms with E-state index < -0.39 is 6.03 Å². The average molecular weight is 379 g/mol. The van der Waals surface area contributed by atoms with Gasteiger partial charge in [0.2, 0.25) is 11.8 Å². The van der Waals surface area contributed by atoms with Crippen LogP contribution < -0.4 is 16.0 Å². The molecular formula is C17H25N5O5. The summed E-state index contributed by atoms with van der Waals surface area (Å²) in [5, 5.41) is 8.10. The highest BCUT2D eigenvalue weighted by atomic mass is 16.5. The molecule has 0 aliphatic carbocycles. The molecule has 0 aromatic heterocycles. The van der Waals surface area contributed by atoms with Crippen molar-refractivity contribution in [1.82, 2.24) is 25.8 Å². The van der Waals surface area contributed by atoms with E-state index in [2.05, 4.69) is 16.0 Å². The number of rotatable bonds is 3. The summed E-state index contributed by atoms with van der Waals surface area (Å²) in [5.41, 5.74) is 0. The van der Waals surface area contributed by atoms with Gasteiger partial charge in [0, 0.05) is 31.7 Å². The highest BCUT2D eigenvalue weighted by molar-refractivity contribution is 6.03. The van der Waals surface area contributed by atoms with Crippen LogP contribution in [-0.4, -0.2) is 78.7 Å². The zero-order valence-corrected chi connectivity index (χ0v) is 15.1. The van der Waals surface area contributed by atoms with E-state index in [1.807, 2.05) is 0 Å². The highest BCUT2D eigenvalue weighted by Crippen LogP contribution is 2.33. The van der Waals surface area contributed by atoms with Crippen LogP contribution in [-0.2, 0) is 14.3 Å². The summed E-state index contributed by atoms with van der Waals surface area (Å²) in [4.78, 5) is 50.2. The molecule has 0 saturated carbocycles. The summed E-state index contributed by atoms with van der Waals surface area (Å²) >= 11 is 0. The fourth-order valence-electron chi connectivity index (χ4n) is 4.60. The van der Waals surface area contributed by atoms with Crippen LogP contribution in [0.5, 0.6) is 0 Å². The molecule has 0 radical (unpaired) electrons. The summed E-state index contributed by atoms with van der Waals surface area (Å²) in [6.07, 6.45) is 3.38. The summed E-state index contributed by atoms with van der Waals surface area (Å²) < 4.78 is 5.72. The molecule has 3 atom stereocenters. The van der Waals surface area contributed by atoms with Crippen LogP contribution in [0.15, 0.2) is 0 Å². The van der Waals surface area contributed by atoms with Crippen LogP contribution in [0.4, 0.5) is 9.59 Å². The van der Waals surface area contributed by atoms with Crippen molar-refractivity contribution in [3.05, 3.63) is 0 Å². The van der Waals surface area contributed by atoms with Gasteiger partial charge in [-0.25, -0.2) is 9.59 Å². The largest absolute Gasteiger partial charge is 0.358 e. The van der Waals surface area contributed by atoms with Crippen molar-refractivity contribution in [2.45, 2.75) is 38.0 Å². The van der Waals surface area contributed by atoms with Gasteiger partial charge in [0.15, 0.2) is 0 Å². The second-order valence-corrected chi connectivity index (χ2v) is 7.67. The second-order valence-electron chi connectivity index (χ2n) is 7.67. The predicted molar refractivity (Wildman–Crippen MR) is 92.3 cm³/mol. The third-order valence-corrected chi connectivity index (χ3v) is 5.99. The smallest absolute Gasteiger partial charge is 0.325 e. The van der Waals surface area contributed by atoms with Crippen molar-refractivity contribution in [1.29, 1.82) is 0 Å².